The number of methoxy groups -OCH3 is 1. The molecule has 0 aliphatic rings. The molecule has 0 spiro atoms. The second-order valence-electron chi connectivity index (χ2n) is 7.47. The van der Waals surface area contributed by atoms with Gasteiger partial charge in [0.25, 0.3) is 0 Å². The average molecular weight is 424 g/mol. The molecule has 0 aliphatic heterocycles. The number of hydrogen-bond donors (Lipinski definition) is 1. The Labute approximate surface area is 188 Å². The minimum atomic E-state index is 0.166. The molecule has 1 unspecified atom stereocenters. The van der Waals surface area contributed by atoms with E-state index in [1.165, 1.54) is 17.5 Å². The highest BCUT2D eigenvalue weighted by Crippen LogP contribution is 2.22. The maximum atomic E-state index is 5.24. The Bertz CT molecular complexity index is 1220. The molecule has 160 valence electrons. The van der Waals surface area contributed by atoms with Crippen LogP contribution in [0.1, 0.15) is 40.9 Å². The molecule has 32 heavy (non-hydrogen) atoms. The van der Waals surface area contributed by atoms with E-state index in [1.54, 1.807) is 19.5 Å². The summed E-state index contributed by atoms with van der Waals surface area (Å²) in [6, 6.07) is 16.3. The van der Waals surface area contributed by atoms with Gasteiger partial charge in [-0.1, -0.05) is 24.0 Å². The predicted octanol–water partition coefficient (Wildman–Crippen LogP) is 4.23. The van der Waals surface area contributed by atoms with Crippen molar-refractivity contribution in [2.24, 2.45) is 0 Å². The summed E-state index contributed by atoms with van der Waals surface area (Å²) in [5, 5.41) is 8.18. The lowest BCUT2D eigenvalue weighted by molar-refractivity contribution is 0.414. The number of nitrogens with zero attached hydrogens (tertiary/aromatic N) is 4. The van der Waals surface area contributed by atoms with Crippen LogP contribution in [-0.2, 0) is 6.54 Å². The van der Waals surface area contributed by atoms with Crippen LogP contribution in [0.25, 0.3) is 5.69 Å². The molecule has 0 fully saturated rings. The van der Waals surface area contributed by atoms with Gasteiger partial charge < -0.3 is 10.1 Å². The number of benzene rings is 2. The summed E-state index contributed by atoms with van der Waals surface area (Å²) in [4.78, 5) is 7.95. The summed E-state index contributed by atoms with van der Waals surface area (Å²) in [6.07, 6.45) is 6.85. The molecule has 0 radical (unpaired) electrons. The molecule has 6 heteroatoms. The van der Waals surface area contributed by atoms with Gasteiger partial charge in [0.2, 0.25) is 0 Å². The smallest absolute Gasteiger partial charge is 0.119 e. The maximum absolute atomic E-state index is 5.24. The zero-order valence-corrected chi connectivity index (χ0v) is 18.4. The molecule has 6 nitrogen and oxygen atoms in total. The quantitative estimate of drug-likeness (QED) is 0.470. The summed E-state index contributed by atoms with van der Waals surface area (Å²) in [6.45, 7) is 5.01. The topological polar surface area (TPSA) is 64.9 Å². The molecule has 0 saturated carbocycles. The lowest BCUT2D eigenvalue weighted by Gasteiger charge is -2.14. The Balaban J connectivity index is 1.38. The van der Waals surface area contributed by atoms with Gasteiger partial charge in [-0.05, 0) is 55.8 Å². The normalized spacial score (nSPS) is 11.5. The molecule has 0 saturated heterocycles. The van der Waals surface area contributed by atoms with Crippen molar-refractivity contribution in [2.75, 3.05) is 7.11 Å². The second kappa shape index (κ2) is 9.90. The van der Waals surface area contributed by atoms with Crippen LogP contribution >= 0.6 is 0 Å². The predicted molar refractivity (Wildman–Crippen MR) is 125 cm³/mol. The van der Waals surface area contributed by atoms with Crippen molar-refractivity contribution in [3.8, 4) is 23.3 Å². The van der Waals surface area contributed by atoms with Crippen molar-refractivity contribution in [1.82, 2.24) is 25.1 Å². The van der Waals surface area contributed by atoms with E-state index < -0.39 is 0 Å². The van der Waals surface area contributed by atoms with Crippen LogP contribution in [0.4, 0.5) is 0 Å². The first-order chi connectivity index (χ1) is 15.6. The van der Waals surface area contributed by atoms with E-state index in [9.17, 15) is 0 Å². The van der Waals surface area contributed by atoms with Crippen LogP contribution in [0.2, 0.25) is 0 Å². The molecule has 2 aromatic carbocycles. The molecule has 1 atom stereocenters. The van der Waals surface area contributed by atoms with Gasteiger partial charge >= 0.3 is 0 Å². The SMILES string of the molecule is COc1ccc(-n2ncc(C(C)NCc3ccc(C#Cc4cncnc4)cc3)c2C)cc1. The monoisotopic (exact) mass is 423 g/mol. The van der Waals surface area contributed by atoms with Gasteiger partial charge in [0, 0.05) is 41.8 Å². The summed E-state index contributed by atoms with van der Waals surface area (Å²) < 4.78 is 7.20. The minimum absolute atomic E-state index is 0.166. The number of nitrogens with one attached hydrogen (secondary N) is 1. The Morgan fingerprint density at radius 2 is 1.62 bits per heavy atom. The first-order valence-corrected chi connectivity index (χ1v) is 10.4. The second-order valence-corrected chi connectivity index (χ2v) is 7.47. The Hall–Kier alpha value is -3.95. The van der Waals surface area contributed by atoms with E-state index in [-0.39, 0.29) is 6.04 Å². The largest absolute Gasteiger partial charge is 0.497 e. The lowest BCUT2D eigenvalue weighted by Crippen LogP contribution is -2.18. The fraction of sp³-hybridized carbons (Fsp3) is 0.192. The van der Waals surface area contributed by atoms with Gasteiger partial charge in [-0.3, -0.25) is 0 Å². The van der Waals surface area contributed by atoms with Gasteiger partial charge in [-0.2, -0.15) is 5.10 Å². The molecular formula is C26H25N5O. The lowest BCUT2D eigenvalue weighted by atomic mass is 10.1. The summed E-state index contributed by atoms with van der Waals surface area (Å²) in [5.74, 6) is 7.05. The number of aromatic nitrogens is 4. The van der Waals surface area contributed by atoms with Crippen molar-refractivity contribution in [1.29, 1.82) is 0 Å². The highest BCUT2D eigenvalue weighted by Gasteiger charge is 2.14. The number of rotatable bonds is 6. The van der Waals surface area contributed by atoms with Crippen molar-refractivity contribution < 1.29 is 4.74 Å². The molecular weight excluding hydrogens is 398 g/mol. The van der Waals surface area contributed by atoms with Gasteiger partial charge in [-0.15, -0.1) is 0 Å². The van der Waals surface area contributed by atoms with Gasteiger partial charge in [-0.25, -0.2) is 14.6 Å². The van der Waals surface area contributed by atoms with E-state index in [4.69, 9.17) is 4.74 Å². The molecule has 4 rings (SSSR count). The molecule has 1 N–H and O–H groups in total. The van der Waals surface area contributed by atoms with E-state index in [0.29, 0.717) is 0 Å². The fourth-order valence-corrected chi connectivity index (χ4v) is 3.43. The number of hydrogen-bond acceptors (Lipinski definition) is 5. The molecule has 0 amide bonds. The van der Waals surface area contributed by atoms with Crippen LogP contribution < -0.4 is 10.1 Å². The Morgan fingerprint density at radius 1 is 0.938 bits per heavy atom. The third kappa shape index (κ3) is 5.02. The fourth-order valence-electron chi connectivity index (χ4n) is 3.43. The summed E-state index contributed by atoms with van der Waals surface area (Å²) in [7, 11) is 1.67. The summed E-state index contributed by atoms with van der Waals surface area (Å²) in [5.41, 5.74) is 6.27. The van der Waals surface area contributed by atoms with Crippen LogP contribution in [0.5, 0.6) is 5.75 Å². The zero-order valence-electron chi connectivity index (χ0n) is 18.4. The zero-order chi connectivity index (χ0) is 22.3. The standard InChI is InChI=1S/C26H25N5O/c1-19(26-17-30-31(20(26)2)24-10-12-25(32-3)13-11-24)29-16-22-7-4-21(5-8-22)6-9-23-14-27-18-28-15-23/h4-5,7-8,10-15,17-19,29H,16H2,1-3H3. The van der Waals surface area contributed by atoms with Crippen LogP contribution in [-0.4, -0.2) is 26.9 Å². The van der Waals surface area contributed by atoms with E-state index in [2.05, 4.69) is 58.2 Å². The minimum Gasteiger partial charge on any atom is -0.497 e. The van der Waals surface area contributed by atoms with Crippen molar-refractivity contribution in [3.63, 3.8) is 0 Å². The van der Waals surface area contributed by atoms with Crippen molar-refractivity contribution in [3.05, 3.63) is 101 Å². The van der Waals surface area contributed by atoms with Crippen molar-refractivity contribution in [2.45, 2.75) is 26.4 Å². The summed E-state index contributed by atoms with van der Waals surface area (Å²) >= 11 is 0. The maximum Gasteiger partial charge on any atom is 0.119 e. The molecule has 4 aromatic rings. The van der Waals surface area contributed by atoms with E-state index in [1.807, 2.05) is 47.3 Å². The average Bonchev–Trinajstić information content (AvgIpc) is 3.24. The van der Waals surface area contributed by atoms with Crippen LogP contribution in [0.3, 0.4) is 0 Å². The van der Waals surface area contributed by atoms with E-state index in [0.717, 1.165) is 34.8 Å². The Kier molecular flexibility index (Phi) is 6.59. The first-order valence-electron chi connectivity index (χ1n) is 10.4. The molecule has 0 bridgehead atoms. The van der Waals surface area contributed by atoms with Gasteiger partial charge in [0.1, 0.15) is 12.1 Å². The van der Waals surface area contributed by atoms with Crippen LogP contribution in [0, 0.1) is 18.8 Å². The molecule has 0 aliphatic carbocycles. The third-order valence-corrected chi connectivity index (χ3v) is 5.31. The Morgan fingerprint density at radius 3 is 2.31 bits per heavy atom. The van der Waals surface area contributed by atoms with Gasteiger partial charge in [0.15, 0.2) is 0 Å². The third-order valence-electron chi connectivity index (χ3n) is 5.31. The van der Waals surface area contributed by atoms with Gasteiger partial charge in [0.05, 0.1) is 24.6 Å². The number of ether oxygens (including phenoxy) is 1. The first kappa shape index (κ1) is 21.3. The molecule has 2 heterocycles. The highest BCUT2D eigenvalue weighted by atomic mass is 16.5. The van der Waals surface area contributed by atoms with Crippen molar-refractivity contribution >= 4 is 0 Å². The van der Waals surface area contributed by atoms with E-state index >= 15 is 0 Å². The highest BCUT2D eigenvalue weighted by molar-refractivity contribution is 5.42. The van der Waals surface area contributed by atoms with Crippen LogP contribution in [0.15, 0.2) is 73.4 Å². The molecule has 2 aromatic heterocycles.